The number of benzene rings is 1. The summed E-state index contributed by atoms with van der Waals surface area (Å²) in [7, 11) is -1.03. The number of anilines is 1. The fraction of sp³-hybridized carbons (Fsp3) is 0.571. The zero-order chi connectivity index (χ0) is 13.9. The molecule has 0 bridgehead atoms. The Morgan fingerprint density at radius 2 is 2.11 bits per heavy atom. The van der Waals surface area contributed by atoms with Crippen LogP contribution in [0.15, 0.2) is 29.2 Å². The summed E-state index contributed by atoms with van der Waals surface area (Å²) < 4.78 is 23.4. The van der Waals surface area contributed by atoms with Gasteiger partial charge in [0, 0.05) is 19.3 Å². The zero-order valence-corrected chi connectivity index (χ0v) is 12.4. The molecule has 0 spiro atoms. The molecule has 0 aliphatic carbocycles. The summed E-state index contributed by atoms with van der Waals surface area (Å²) in [4.78, 5) is 2.72. The number of para-hydroxylation sites is 1. The standard InChI is InChI=1S/C14H22N2O2S/c1-16-9-5-6-12(11-16)10-15-13-7-3-4-8-14(13)19(2,17)18/h3-4,7-8,12,15H,5-6,9-11H2,1-2H3. The SMILES string of the molecule is CN1CCCC(CNc2ccccc2S(C)(=O)=O)C1. The Kier molecular flexibility index (Phi) is 4.47. The molecule has 4 nitrogen and oxygen atoms in total. The van der Waals surface area contributed by atoms with Crippen molar-refractivity contribution in [2.45, 2.75) is 17.7 Å². The number of nitrogens with zero attached hydrogens (tertiary/aromatic N) is 1. The molecule has 19 heavy (non-hydrogen) atoms. The summed E-state index contributed by atoms with van der Waals surface area (Å²) in [6.07, 6.45) is 3.68. The number of rotatable bonds is 4. The maximum absolute atomic E-state index is 11.7. The third-order valence-corrected chi connectivity index (χ3v) is 4.74. The molecule has 0 amide bonds. The van der Waals surface area contributed by atoms with Crippen LogP contribution in [0.2, 0.25) is 0 Å². The van der Waals surface area contributed by atoms with Gasteiger partial charge in [0.25, 0.3) is 0 Å². The number of hydrogen-bond acceptors (Lipinski definition) is 4. The van der Waals surface area contributed by atoms with Gasteiger partial charge in [-0.15, -0.1) is 0 Å². The Labute approximate surface area is 115 Å². The van der Waals surface area contributed by atoms with Gasteiger partial charge in [-0.1, -0.05) is 12.1 Å². The van der Waals surface area contributed by atoms with Crippen molar-refractivity contribution in [3.05, 3.63) is 24.3 Å². The van der Waals surface area contributed by atoms with E-state index < -0.39 is 9.84 Å². The molecule has 1 atom stereocenters. The minimum absolute atomic E-state index is 0.388. The molecule has 1 heterocycles. The van der Waals surface area contributed by atoms with E-state index in [0.29, 0.717) is 10.8 Å². The number of piperidine rings is 1. The predicted molar refractivity (Wildman–Crippen MR) is 78.3 cm³/mol. The molecule has 1 aromatic carbocycles. The van der Waals surface area contributed by atoms with Crippen LogP contribution in [0.4, 0.5) is 5.69 Å². The van der Waals surface area contributed by atoms with E-state index in [4.69, 9.17) is 0 Å². The number of nitrogens with one attached hydrogen (secondary N) is 1. The van der Waals surface area contributed by atoms with Crippen molar-refractivity contribution in [3.8, 4) is 0 Å². The van der Waals surface area contributed by atoms with Crippen LogP contribution in [-0.2, 0) is 9.84 Å². The minimum atomic E-state index is -3.17. The smallest absolute Gasteiger partial charge is 0.177 e. The van der Waals surface area contributed by atoms with E-state index >= 15 is 0 Å². The van der Waals surface area contributed by atoms with Gasteiger partial charge >= 0.3 is 0 Å². The Morgan fingerprint density at radius 3 is 2.79 bits per heavy atom. The highest BCUT2D eigenvalue weighted by atomic mass is 32.2. The molecule has 1 aromatic rings. The molecular weight excluding hydrogens is 260 g/mol. The van der Waals surface area contributed by atoms with Gasteiger partial charge in [-0.2, -0.15) is 0 Å². The van der Waals surface area contributed by atoms with Crippen molar-refractivity contribution in [2.24, 2.45) is 5.92 Å². The number of sulfone groups is 1. The Balaban J connectivity index is 2.04. The predicted octanol–water partition coefficient (Wildman–Crippen LogP) is 1.84. The van der Waals surface area contributed by atoms with Crippen LogP contribution in [0.5, 0.6) is 0 Å². The molecule has 1 fully saturated rings. The second kappa shape index (κ2) is 5.92. The highest BCUT2D eigenvalue weighted by molar-refractivity contribution is 7.90. The highest BCUT2D eigenvalue weighted by Crippen LogP contribution is 2.22. The van der Waals surface area contributed by atoms with Crippen LogP contribution in [0, 0.1) is 5.92 Å². The molecule has 1 saturated heterocycles. The topological polar surface area (TPSA) is 49.4 Å². The summed E-state index contributed by atoms with van der Waals surface area (Å²) >= 11 is 0. The lowest BCUT2D eigenvalue weighted by molar-refractivity contribution is 0.217. The van der Waals surface area contributed by atoms with Crippen molar-refractivity contribution in [2.75, 3.05) is 38.3 Å². The van der Waals surface area contributed by atoms with Crippen LogP contribution in [0.25, 0.3) is 0 Å². The van der Waals surface area contributed by atoms with E-state index in [2.05, 4.69) is 17.3 Å². The van der Waals surface area contributed by atoms with Gasteiger partial charge in [-0.3, -0.25) is 0 Å². The first kappa shape index (κ1) is 14.3. The van der Waals surface area contributed by atoms with Crippen molar-refractivity contribution >= 4 is 15.5 Å². The summed E-state index contributed by atoms with van der Waals surface area (Å²) in [6.45, 7) is 3.07. The molecule has 2 rings (SSSR count). The van der Waals surface area contributed by atoms with Crippen LogP contribution < -0.4 is 5.32 Å². The monoisotopic (exact) mass is 282 g/mol. The molecule has 1 aliphatic rings. The van der Waals surface area contributed by atoms with Crippen molar-refractivity contribution in [1.29, 1.82) is 0 Å². The lowest BCUT2D eigenvalue weighted by atomic mass is 9.98. The van der Waals surface area contributed by atoms with Crippen molar-refractivity contribution in [1.82, 2.24) is 4.90 Å². The quantitative estimate of drug-likeness (QED) is 0.915. The van der Waals surface area contributed by atoms with Crippen LogP contribution in [-0.4, -0.2) is 46.3 Å². The summed E-state index contributed by atoms with van der Waals surface area (Å²) in [5, 5.41) is 3.30. The Morgan fingerprint density at radius 1 is 1.37 bits per heavy atom. The van der Waals surface area contributed by atoms with E-state index in [1.807, 2.05) is 12.1 Å². The van der Waals surface area contributed by atoms with Crippen LogP contribution in [0.3, 0.4) is 0 Å². The molecule has 0 radical (unpaired) electrons. The first-order valence-corrected chi connectivity index (χ1v) is 8.57. The van der Waals surface area contributed by atoms with Crippen LogP contribution in [0.1, 0.15) is 12.8 Å². The molecule has 5 heteroatoms. The fourth-order valence-corrected chi connectivity index (χ4v) is 3.50. The lowest BCUT2D eigenvalue weighted by Crippen LogP contribution is -2.35. The Hall–Kier alpha value is -1.07. The van der Waals surface area contributed by atoms with Gasteiger partial charge < -0.3 is 10.2 Å². The number of hydrogen-bond donors (Lipinski definition) is 1. The van der Waals surface area contributed by atoms with Crippen LogP contribution >= 0.6 is 0 Å². The van der Waals surface area contributed by atoms with Gasteiger partial charge in [0.2, 0.25) is 0 Å². The zero-order valence-electron chi connectivity index (χ0n) is 11.6. The van der Waals surface area contributed by atoms with E-state index in [0.717, 1.165) is 25.3 Å². The normalized spacial score (nSPS) is 21.3. The molecule has 0 saturated carbocycles. The van der Waals surface area contributed by atoms with E-state index in [-0.39, 0.29) is 0 Å². The molecule has 1 unspecified atom stereocenters. The second-order valence-electron chi connectivity index (χ2n) is 5.42. The first-order chi connectivity index (χ1) is 8.97. The highest BCUT2D eigenvalue weighted by Gasteiger charge is 2.18. The first-order valence-electron chi connectivity index (χ1n) is 6.68. The average Bonchev–Trinajstić information content (AvgIpc) is 2.36. The summed E-state index contributed by atoms with van der Waals surface area (Å²) in [6, 6.07) is 7.12. The van der Waals surface area contributed by atoms with Crippen molar-refractivity contribution in [3.63, 3.8) is 0 Å². The maximum Gasteiger partial charge on any atom is 0.177 e. The lowest BCUT2D eigenvalue weighted by Gasteiger charge is -2.30. The summed E-state index contributed by atoms with van der Waals surface area (Å²) in [5.41, 5.74) is 0.721. The molecular formula is C14H22N2O2S. The average molecular weight is 282 g/mol. The molecule has 1 N–H and O–H groups in total. The third-order valence-electron chi connectivity index (χ3n) is 3.59. The van der Waals surface area contributed by atoms with E-state index in [9.17, 15) is 8.42 Å². The minimum Gasteiger partial charge on any atom is -0.384 e. The molecule has 1 aliphatic heterocycles. The van der Waals surface area contributed by atoms with E-state index in [1.54, 1.807) is 12.1 Å². The largest absolute Gasteiger partial charge is 0.384 e. The van der Waals surface area contributed by atoms with Gasteiger partial charge in [0.15, 0.2) is 9.84 Å². The summed E-state index contributed by atoms with van der Waals surface area (Å²) in [5.74, 6) is 0.589. The second-order valence-corrected chi connectivity index (χ2v) is 7.40. The van der Waals surface area contributed by atoms with Gasteiger partial charge in [0.1, 0.15) is 0 Å². The Bertz CT molecular complexity index is 528. The fourth-order valence-electron chi connectivity index (χ4n) is 2.63. The van der Waals surface area contributed by atoms with Gasteiger partial charge in [-0.25, -0.2) is 8.42 Å². The molecule has 0 aromatic heterocycles. The molecule has 106 valence electrons. The number of likely N-dealkylation sites (tertiary alicyclic amines) is 1. The van der Waals surface area contributed by atoms with Gasteiger partial charge in [0.05, 0.1) is 10.6 Å². The third kappa shape index (κ3) is 3.94. The maximum atomic E-state index is 11.7. The van der Waals surface area contributed by atoms with E-state index in [1.165, 1.54) is 19.1 Å². The van der Waals surface area contributed by atoms with Gasteiger partial charge in [-0.05, 0) is 44.5 Å². The van der Waals surface area contributed by atoms with Crippen molar-refractivity contribution < 1.29 is 8.42 Å².